The maximum Gasteiger partial charge on any atom is 0.0717 e. The van der Waals surface area contributed by atoms with E-state index in [-0.39, 0.29) is 10.8 Å². The molecule has 1 unspecified atom stereocenters. The Morgan fingerprint density at radius 2 is 1.90 bits per heavy atom. The summed E-state index contributed by atoms with van der Waals surface area (Å²) in [6, 6.07) is 12.8. The summed E-state index contributed by atoms with van der Waals surface area (Å²) in [5.74, 6) is 0. The van der Waals surface area contributed by atoms with Crippen molar-refractivity contribution in [2.45, 2.75) is 59.0 Å². The van der Waals surface area contributed by atoms with Gasteiger partial charge < -0.3 is 4.74 Å². The molecular formula is C19H27NO. The Balaban J connectivity index is 2.03. The van der Waals surface area contributed by atoms with Crippen LogP contribution in [0.5, 0.6) is 0 Å². The highest BCUT2D eigenvalue weighted by Gasteiger charge is 2.48. The van der Waals surface area contributed by atoms with Crippen LogP contribution in [0.25, 0.3) is 0 Å². The molecule has 2 nitrogen and oxygen atoms in total. The molecule has 2 heteroatoms. The largest absolute Gasteiger partial charge is 0.376 e. The Bertz CT molecular complexity index is 470. The van der Waals surface area contributed by atoms with Crippen molar-refractivity contribution < 1.29 is 4.74 Å². The molecule has 0 saturated heterocycles. The van der Waals surface area contributed by atoms with Gasteiger partial charge in [-0.25, -0.2) is 0 Å². The summed E-state index contributed by atoms with van der Waals surface area (Å²) >= 11 is 0. The highest BCUT2D eigenvalue weighted by atomic mass is 16.5. The van der Waals surface area contributed by atoms with E-state index in [1.807, 2.05) is 6.07 Å². The van der Waals surface area contributed by atoms with Gasteiger partial charge in [-0.1, -0.05) is 57.0 Å². The van der Waals surface area contributed by atoms with E-state index in [0.29, 0.717) is 13.0 Å². The summed E-state index contributed by atoms with van der Waals surface area (Å²) in [7, 11) is 0. The molecule has 1 aromatic rings. The highest BCUT2D eigenvalue weighted by molar-refractivity contribution is 5.13. The number of nitrogens with zero attached hydrogens (tertiary/aromatic N) is 1. The maximum atomic E-state index is 9.22. The van der Waals surface area contributed by atoms with Gasteiger partial charge in [0.05, 0.1) is 19.3 Å². The van der Waals surface area contributed by atoms with Crippen LogP contribution in [0.15, 0.2) is 30.3 Å². The molecule has 0 spiro atoms. The zero-order chi connectivity index (χ0) is 15.2. The average Bonchev–Trinajstić information content (AvgIpc) is 2.99. The second kappa shape index (κ2) is 7.09. The predicted octanol–water partition coefficient (Wildman–Crippen LogP) is 5.09. The summed E-state index contributed by atoms with van der Waals surface area (Å²) in [5, 5.41) is 9.22. The molecule has 2 rings (SSSR count). The Morgan fingerprint density at radius 3 is 2.48 bits per heavy atom. The molecule has 21 heavy (non-hydrogen) atoms. The topological polar surface area (TPSA) is 33.0 Å². The van der Waals surface area contributed by atoms with Crippen molar-refractivity contribution in [3.05, 3.63) is 35.9 Å². The Morgan fingerprint density at radius 1 is 1.24 bits per heavy atom. The SMILES string of the molecule is CCC(C)(CC#N)C1(COCc2ccccc2)CCCC1. The normalized spacial score (nSPS) is 19.9. The van der Waals surface area contributed by atoms with Gasteiger partial charge in [0.2, 0.25) is 0 Å². The van der Waals surface area contributed by atoms with Gasteiger partial charge in [0.1, 0.15) is 0 Å². The van der Waals surface area contributed by atoms with Gasteiger partial charge in [0.15, 0.2) is 0 Å². The smallest absolute Gasteiger partial charge is 0.0717 e. The molecule has 1 saturated carbocycles. The fourth-order valence-corrected chi connectivity index (χ4v) is 3.77. The fourth-order valence-electron chi connectivity index (χ4n) is 3.77. The van der Waals surface area contributed by atoms with Crippen LogP contribution in [-0.2, 0) is 11.3 Å². The van der Waals surface area contributed by atoms with Crippen molar-refractivity contribution in [1.29, 1.82) is 5.26 Å². The lowest BCUT2D eigenvalue weighted by Gasteiger charge is -2.45. The first kappa shape index (κ1) is 16.0. The number of hydrogen-bond donors (Lipinski definition) is 0. The summed E-state index contributed by atoms with van der Waals surface area (Å²) in [6.07, 6.45) is 6.64. The Hall–Kier alpha value is -1.33. The minimum Gasteiger partial charge on any atom is -0.376 e. The Kier molecular flexibility index (Phi) is 5.42. The van der Waals surface area contributed by atoms with Crippen LogP contribution >= 0.6 is 0 Å². The molecule has 114 valence electrons. The van der Waals surface area contributed by atoms with Gasteiger partial charge in [-0.3, -0.25) is 0 Å². The Labute approximate surface area is 129 Å². The second-order valence-electron chi connectivity index (χ2n) is 6.71. The van der Waals surface area contributed by atoms with Crippen LogP contribution in [-0.4, -0.2) is 6.61 Å². The lowest BCUT2D eigenvalue weighted by molar-refractivity contribution is -0.0449. The highest BCUT2D eigenvalue weighted by Crippen LogP contribution is 2.55. The van der Waals surface area contributed by atoms with E-state index in [2.05, 4.69) is 44.2 Å². The third-order valence-corrected chi connectivity index (χ3v) is 5.58. The molecule has 1 aliphatic carbocycles. The van der Waals surface area contributed by atoms with Gasteiger partial charge in [-0.15, -0.1) is 0 Å². The minimum absolute atomic E-state index is 0.0783. The molecule has 0 radical (unpaired) electrons. The standard InChI is InChI=1S/C19H27NO/c1-3-18(2,13-14-20)19(11-7-8-12-19)16-21-15-17-9-5-4-6-10-17/h4-6,9-10H,3,7-8,11-13,15-16H2,1-2H3. The van der Waals surface area contributed by atoms with E-state index >= 15 is 0 Å². The zero-order valence-corrected chi connectivity index (χ0v) is 13.4. The number of rotatable bonds is 7. The van der Waals surface area contributed by atoms with Crippen molar-refractivity contribution in [3.63, 3.8) is 0 Å². The summed E-state index contributed by atoms with van der Waals surface area (Å²) in [4.78, 5) is 0. The van der Waals surface area contributed by atoms with Crippen molar-refractivity contribution in [3.8, 4) is 6.07 Å². The monoisotopic (exact) mass is 285 g/mol. The van der Waals surface area contributed by atoms with Crippen LogP contribution in [0.3, 0.4) is 0 Å². The van der Waals surface area contributed by atoms with Crippen molar-refractivity contribution in [2.75, 3.05) is 6.61 Å². The average molecular weight is 285 g/mol. The van der Waals surface area contributed by atoms with Crippen molar-refractivity contribution >= 4 is 0 Å². The quantitative estimate of drug-likeness (QED) is 0.698. The fraction of sp³-hybridized carbons (Fsp3) is 0.632. The molecule has 0 amide bonds. The molecule has 1 aromatic carbocycles. The van der Waals surface area contributed by atoms with E-state index < -0.39 is 0 Å². The first-order chi connectivity index (χ1) is 10.2. The van der Waals surface area contributed by atoms with Crippen LogP contribution in [0, 0.1) is 22.2 Å². The van der Waals surface area contributed by atoms with Gasteiger partial charge in [0, 0.05) is 11.8 Å². The van der Waals surface area contributed by atoms with Gasteiger partial charge in [-0.2, -0.15) is 5.26 Å². The maximum absolute atomic E-state index is 9.22. The van der Waals surface area contributed by atoms with E-state index in [1.54, 1.807) is 0 Å². The van der Waals surface area contributed by atoms with Crippen LogP contribution in [0.1, 0.15) is 57.9 Å². The molecule has 0 bridgehead atoms. The summed E-state index contributed by atoms with van der Waals surface area (Å²) in [5.41, 5.74) is 1.49. The number of hydrogen-bond acceptors (Lipinski definition) is 2. The molecule has 1 atom stereocenters. The minimum atomic E-state index is 0.0783. The molecule has 1 aliphatic rings. The van der Waals surface area contributed by atoms with Gasteiger partial charge in [0.25, 0.3) is 0 Å². The van der Waals surface area contributed by atoms with Crippen molar-refractivity contribution in [2.24, 2.45) is 10.8 Å². The van der Waals surface area contributed by atoms with Crippen molar-refractivity contribution in [1.82, 2.24) is 0 Å². The molecular weight excluding hydrogens is 258 g/mol. The lowest BCUT2D eigenvalue weighted by atomic mass is 9.60. The lowest BCUT2D eigenvalue weighted by Crippen LogP contribution is -2.41. The van der Waals surface area contributed by atoms with E-state index in [0.717, 1.165) is 13.0 Å². The predicted molar refractivity (Wildman–Crippen MR) is 85.6 cm³/mol. The summed E-state index contributed by atoms with van der Waals surface area (Å²) < 4.78 is 6.09. The van der Waals surface area contributed by atoms with Gasteiger partial charge >= 0.3 is 0 Å². The number of benzene rings is 1. The number of ether oxygens (including phenoxy) is 1. The third-order valence-electron chi connectivity index (χ3n) is 5.58. The first-order valence-electron chi connectivity index (χ1n) is 8.14. The molecule has 0 aliphatic heterocycles. The molecule has 0 N–H and O–H groups in total. The first-order valence-corrected chi connectivity index (χ1v) is 8.14. The molecule has 0 heterocycles. The second-order valence-corrected chi connectivity index (χ2v) is 6.71. The van der Waals surface area contributed by atoms with Crippen LogP contribution in [0.2, 0.25) is 0 Å². The van der Waals surface area contributed by atoms with Gasteiger partial charge in [-0.05, 0) is 30.2 Å². The van der Waals surface area contributed by atoms with E-state index in [9.17, 15) is 5.26 Å². The van der Waals surface area contributed by atoms with E-state index in [4.69, 9.17) is 4.74 Å². The summed E-state index contributed by atoms with van der Waals surface area (Å²) in [6.45, 7) is 5.96. The number of nitriles is 1. The molecule has 0 aromatic heterocycles. The van der Waals surface area contributed by atoms with Crippen LogP contribution in [0.4, 0.5) is 0 Å². The zero-order valence-electron chi connectivity index (χ0n) is 13.4. The molecule has 1 fully saturated rings. The van der Waals surface area contributed by atoms with Crippen LogP contribution < -0.4 is 0 Å². The third kappa shape index (κ3) is 3.47. The van der Waals surface area contributed by atoms with E-state index in [1.165, 1.54) is 31.2 Å².